The second-order valence-electron chi connectivity index (χ2n) is 4.58. The minimum atomic E-state index is 0. The molecule has 0 saturated heterocycles. The first-order chi connectivity index (χ1) is 6.68. The summed E-state index contributed by atoms with van der Waals surface area (Å²) in [6.07, 6.45) is 3.99. The van der Waals surface area contributed by atoms with Crippen LogP contribution in [0.5, 0.6) is 0 Å². The molecular formula is C13H20ClN. The van der Waals surface area contributed by atoms with Crippen LogP contribution in [-0.2, 0) is 0 Å². The largest absolute Gasteiger partial charge is 0.324 e. The smallest absolute Gasteiger partial charge is 0.0326 e. The lowest BCUT2D eigenvalue weighted by Gasteiger charge is -2.32. The van der Waals surface area contributed by atoms with Crippen LogP contribution >= 0.6 is 12.4 Å². The normalized spacial score (nSPS) is 17.8. The lowest BCUT2D eigenvalue weighted by Crippen LogP contribution is -2.27. The summed E-state index contributed by atoms with van der Waals surface area (Å²) < 4.78 is 0. The van der Waals surface area contributed by atoms with Gasteiger partial charge in [0.2, 0.25) is 0 Å². The van der Waals surface area contributed by atoms with Crippen LogP contribution in [0.1, 0.15) is 42.0 Å². The summed E-state index contributed by atoms with van der Waals surface area (Å²) in [6.45, 7) is 4.30. The van der Waals surface area contributed by atoms with Crippen LogP contribution in [0.3, 0.4) is 0 Å². The minimum Gasteiger partial charge on any atom is -0.324 e. The zero-order chi connectivity index (χ0) is 10.1. The van der Waals surface area contributed by atoms with Crippen molar-refractivity contribution in [3.05, 3.63) is 34.9 Å². The van der Waals surface area contributed by atoms with Crippen LogP contribution in [0.4, 0.5) is 0 Å². The van der Waals surface area contributed by atoms with E-state index in [4.69, 9.17) is 5.73 Å². The van der Waals surface area contributed by atoms with E-state index >= 15 is 0 Å². The SMILES string of the molecule is Cc1ccc(C)c([C@@H](N)C2CCC2)c1.Cl. The molecule has 2 heteroatoms. The second-order valence-corrected chi connectivity index (χ2v) is 4.58. The van der Waals surface area contributed by atoms with Crippen LogP contribution < -0.4 is 5.73 Å². The molecular weight excluding hydrogens is 206 g/mol. The highest BCUT2D eigenvalue weighted by Crippen LogP contribution is 2.37. The fourth-order valence-corrected chi connectivity index (χ4v) is 2.17. The topological polar surface area (TPSA) is 26.0 Å². The highest BCUT2D eigenvalue weighted by molar-refractivity contribution is 5.85. The van der Waals surface area contributed by atoms with Gasteiger partial charge in [0.15, 0.2) is 0 Å². The maximum Gasteiger partial charge on any atom is 0.0326 e. The molecule has 0 aliphatic heterocycles. The number of aryl methyl sites for hydroxylation is 2. The van der Waals surface area contributed by atoms with Crippen molar-refractivity contribution in [2.75, 3.05) is 0 Å². The Bertz CT molecular complexity index is 331. The van der Waals surface area contributed by atoms with Crippen molar-refractivity contribution < 1.29 is 0 Å². The first-order valence-corrected chi connectivity index (χ1v) is 5.51. The fourth-order valence-electron chi connectivity index (χ4n) is 2.17. The average molecular weight is 226 g/mol. The maximum atomic E-state index is 6.27. The standard InChI is InChI=1S/C13H19N.ClH/c1-9-6-7-10(2)12(8-9)13(14)11-4-3-5-11;/h6-8,11,13H,3-5,14H2,1-2H3;1H/t13-;/m0./s1. The highest BCUT2D eigenvalue weighted by atomic mass is 35.5. The zero-order valence-electron chi connectivity index (χ0n) is 9.49. The summed E-state index contributed by atoms with van der Waals surface area (Å²) in [6, 6.07) is 6.86. The van der Waals surface area contributed by atoms with Gasteiger partial charge in [0.1, 0.15) is 0 Å². The summed E-state index contributed by atoms with van der Waals surface area (Å²) in [4.78, 5) is 0. The quantitative estimate of drug-likeness (QED) is 0.819. The summed E-state index contributed by atoms with van der Waals surface area (Å²) in [5.41, 5.74) is 10.3. The van der Waals surface area contributed by atoms with Crippen molar-refractivity contribution in [1.82, 2.24) is 0 Å². The van der Waals surface area contributed by atoms with Crippen molar-refractivity contribution in [3.8, 4) is 0 Å². The van der Waals surface area contributed by atoms with Crippen LogP contribution in [-0.4, -0.2) is 0 Å². The molecule has 1 nitrogen and oxygen atoms in total. The maximum absolute atomic E-state index is 6.27. The van der Waals surface area contributed by atoms with Crippen molar-refractivity contribution in [1.29, 1.82) is 0 Å². The molecule has 0 radical (unpaired) electrons. The van der Waals surface area contributed by atoms with Gasteiger partial charge in [-0.15, -0.1) is 12.4 Å². The van der Waals surface area contributed by atoms with Gasteiger partial charge in [-0.3, -0.25) is 0 Å². The Kier molecular flexibility index (Phi) is 4.18. The minimum absolute atomic E-state index is 0. The van der Waals surface area contributed by atoms with Gasteiger partial charge in [0.25, 0.3) is 0 Å². The molecule has 0 unspecified atom stereocenters. The van der Waals surface area contributed by atoms with Gasteiger partial charge in [-0.2, -0.15) is 0 Å². The number of rotatable bonds is 2. The number of hydrogen-bond donors (Lipinski definition) is 1. The Morgan fingerprint density at radius 1 is 1.27 bits per heavy atom. The lowest BCUT2D eigenvalue weighted by atomic mass is 9.76. The molecule has 1 fully saturated rings. The molecule has 0 amide bonds. The molecule has 1 aliphatic rings. The zero-order valence-corrected chi connectivity index (χ0v) is 10.3. The first kappa shape index (κ1) is 12.5. The number of benzene rings is 1. The van der Waals surface area contributed by atoms with Gasteiger partial charge in [-0.25, -0.2) is 0 Å². The third-order valence-corrected chi connectivity index (χ3v) is 3.45. The first-order valence-electron chi connectivity index (χ1n) is 5.51. The summed E-state index contributed by atoms with van der Waals surface area (Å²) in [5.74, 6) is 0.732. The molecule has 1 aromatic rings. The predicted octanol–water partition coefficient (Wildman–Crippen LogP) is 3.53. The molecule has 0 spiro atoms. The van der Waals surface area contributed by atoms with Gasteiger partial charge < -0.3 is 5.73 Å². The molecule has 0 bridgehead atoms. The van der Waals surface area contributed by atoms with Gasteiger partial charge >= 0.3 is 0 Å². The Morgan fingerprint density at radius 3 is 2.47 bits per heavy atom. The van der Waals surface area contributed by atoms with Gasteiger partial charge in [-0.05, 0) is 43.7 Å². The van der Waals surface area contributed by atoms with Gasteiger partial charge in [0.05, 0.1) is 0 Å². The van der Waals surface area contributed by atoms with E-state index in [1.807, 2.05) is 0 Å². The summed E-state index contributed by atoms with van der Waals surface area (Å²) in [7, 11) is 0. The highest BCUT2D eigenvalue weighted by Gasteiger charge is 2.26. The number of halogens is 1. The second kappa shape index (κ2) is 5.00. The molecule has 1 aliphatic carbocycles. The molecule has 2 rings (SSSR count). The van der Waals surface area contributed by atoms with Crippen LogP contribution in [0.2, 0.25) is 0 Å². The van der Waals surface area contributed by atoms with Gasteiger partial charge in [-0.1, -0.05) is 30.2 Å². The van der Waals surface area contributed by atoms with E-state index in [1.54, 1.807) is 0 Å². The summed E-state index contributed by atoms with van der Waals surface area (Å²) in [5, 5.41) is 0. The van der Waals surface area contributed by atoms with Crippen molar-refractivity contribution in [2.24, 2.45) is 11.7 Å². The fraction of sp³-hybridized carbons (Fsp3) is 0.538. The number of nitrogens with two attached hydrogens (primary N) is 1. The van der Waals surface area contributed by atoms with E-state index in [-0.39, 0.29) is 18.4 Å². The molecule has 0 heterocycles. The third-order valence-electron chi connectivity index (χ3n) is 3.45. The van der Waals surface area contributed by atoms with E-state index in [9.17, 15) is 0 Å². The van der Waals surface area contributed by atoms with E-state index in [0.717, 1.165) is 5.92 Å². The van der Waals surface area contributed by atoms with Crippen LogP contribution in [0.15, 0.2) is 18.2 Å². The molecule has 2 N–H and O–H groups in total. The predicted molar refractivity (Wildman–Crippen MR) is 67.4 cm³/mol. The molecule has 15 heavy (non-hydrogen) atoms. The summed E-state index contributed by atoms with van der Waals surface area (Å²) >= 11 is 0. The molecule has 1 saturated carbocycles. The Morgan fingerprint density at radius 2 is 1.93 bits per heavy atom. The van der Waals surface area contributed by atoms with Crippen molar-refractivity contribution in [3.63, 3.8) is 0 Å². The average Bonchev–Trinajstić information content (AvgIpc) is 2.06. The third kappa shape index (κ3) is 2.53. The van der Waals surface area contributed by atoms with E-state index < -0.39 is 0 Å². The Balaban J connectivity index is 0.00000112. The van der Waals surface area contributed by atoms with Crippen LogP contribution in [0.25, 0.3) is 0 Å². The molecule has 0 aromatic heterocycles. The van der Waals surface area contributed by atoms with E-state index in [0.29, 0.717) is 0 Å². The van der Waals surface area contributed by atoms with E-state index in [2.05, 4.69) is 32.0 Å². The monoisotopic (exact) mass is 225 g/mol. The van der Waals surface area contributed by atoms with Crippen molar-refractivity contribution in [2.45, 2.75) is 39.2 Å². The van der Waals surface area contributed by atoms with Crippen LogP contribution in [0, 0.1) is 19.8 Å². The number of hydrogen-bond acceptors (Lipinski definition) is 1. The molecule has 84 valence electrons. The molecule has 1 atom stereocenters. The Labute approximate surface area is 98.5 Å². The Hall–Kier alpha value is -0.530. The van der Waals surface area contributed by atoms with E-state index in [1.165, 1.54) is 36.0 Å². The van der Waals surface area contributed by atoms with Crippen molar-refractivity contribution >= 4 is 12.4 Å². The molecule has 1 aromatic carbocycles. The van der Waals surface area contributed by atoms with Gasteiger partial charge in [0, 0.05) is 6.04 Å². The lowest BCUT2D eigenvalue weighted by molar-refractivity contribution is 0.264.